The summed E-state index contributed by atoms with van der Waals surface area (Å²) in [6.07, 6.45) is 1.46. The Morgan fingerprint density at radius 2 is 1.95 bits per heavy atom. The Bertz CT molecular complexity index is 477. The van der Waals surface area contributed by atoms with E-state index in [4.69, 9.17) is 15.5 Å². The van der Waals surface area contributed by atoms with Crippen LogP contribution in [-0.2, 0) is 0 Å². The zero-order chi connectivity index (χ0) is 14.3. The van der Waals surface area contributed by atoms with E-state index in [-0.39, 0.29) is 43.4 Å². The number of nitriles is 1. The summed E-state index contributed by atoms with van der Waals surface area (Å²) in [5.74, 6) is -0.711. The molecule has 0 aliphatic heterocycles. The van der Waals surface area contributed by atoms with E-state index in [0.717, 1.165) is 0 Å². The second-order valence-corrected chi connectivity index (χ2v) is 3.61. The number of aliphatic hydroxyl groups is 2. The van der Waals surface area contributed by atoms with Crippen molar-refractivity contribution in [3.8, 4) is 17.8 Å². The molecule has 1 aromatic carbocycles. The molecule has 19 heavy (non-hydrogen) atoms. The van der Waals surface area contributed by atoms with Crippen LogP contribution in [0.1, 0.15) is 10.4 Å². The first-order valence-electron chi connectivity index (χ1n) is 5.54. The van der Waals surface area contributed by atoms with Gasteiger partial charge in [-0.3, -0.25) is 4.79 Å². The molecule has 0 bridgehead atoms. The minimum absolute atomic E-state index is 0.0299. The fourth-order valence-electron chi connectivity index (χ4n) is 1.53. The Morgan fingerprint density at radius 1 is 1.32 bits per heavy atom. The van der Waals surface area contributed by atoms with E-state index in [0.29, 0.717) is 0 Å². The molecule has 0 atom stereocenters. The highest BCUT2D eigenvalue weighted by atomic mass is 16.5. The maximum atomic E-state index is 12.1. The van der Waals surface area contributed by atoms with Crippen molar-refractivity contribution in [2.75, 3.05) is 26.3 Å². The topological polar surface area (TPSA) is 114 Å². The van der Waals surface area contributed by atoms with Crippen molar-refractivity contribution in [1.82, 2.24) is 4.90 Å². The molecule has 1 aromatic rings. The van der Waals surface area contributed by atoms with E-state index in [1.54, 1.807) is 0 Å². The first kappa shape index (κ1) is 14.8. The van der Waals surface area contributed by atoms with Crippen LogP contribution in [-0.4, -0.2) is 52.4 Å². The number of rotatable bonds is 6. The lowest BCUT2D eigenvalue weighted by molar-refractivity contribution is 0.0681. The van der Waals surface area contributed by atoms with Crippen LogP contribution in [0.25, 0.3) is 0 Å². The number of hydrogen-bond acceptors (Lipinski definition) is 6. The number of phenols is 1. The van der Waals surface area contributed by atoms with E-state index in [1.165, 1.54) is 29.4 Å². The maximum Gasteiger partial charge on any atom is 0.292 e. The number of hydrogen-bond donors (Lipinski definition) is 3. The van der Waals surface area contributed by atoms with Gasteiger partial charge in [-0.05, 0) is 18.2 Å². The Balaban J connectivity index is 3.02. The zero-order valence-electron chi connectivity index (χ0n) is 10.1. The monoisotopic (exact) mass is 266 g/mol. The summed E-state index contributed by atoms with van der Waals surface area (Å²) in [7, 11) is 0. The van der Waals surface area contributed by atoms with Crippen LogP contribution in [0.3, 0.4) is 0 Å². The molecule has 7 nitrogen and oxygen atoms in total. The van der Waals surface area contributed by atoms with E-state index < -0.39 is 5.91 Å². The summed E-state index contributed by atoms with van der Waals surface area (Å²) in [4.78, 5) is 13.3. The molecule has 1 amide bonds. The molecular formula is C12H14N2O5. The third-order valence-corrected chi connectivity index (χ3v) is 2.39. The summed E-state index contributed by atoms with van der Waals surface area (Å²) in [5.41, 5.74) is -0.0605. The van der Waals surface area contributed by atoms with Gasteiger partial charge in [-0.2, -0.15) is 0 Å². The van der Waals surface area contributed by atoms with Crippen molar-refractivity contribution in [2.24, 2.45) is 0 Å². The molecule has 0 spiro atoms. The maximum absolute atomic E-state index is 12.1. The van der Waals surface area contributed by atoms with Crippen molar-refractivity contribution >= 4 is 5.91 Å². The number of ether oxygens (including phenoxy) is 1. The number of carbonyl (C=O) groups excluding carboxylic acids is 1. The summed E-state index contributed by atoms with van der Waals surface area (Å²) in [5, 5.41) is 35.8. The number of nitrogens with zero attached hydrogens (tertiary/aromatic N) is 2. The summed E-state index contributed by atoms with van der Waals surface area (Å²) >= 11 is 0. The first-order valence-corrected chi connectivity index (χ1v) is 5.54. The van der Waals surface area contributed by atoms with Gasteiger partial charge in [-0.15, -0.1) is 5.26 Å². The van der Waals surface area contributed by atoms with Crippen molar-refractivity contribution in [1.29, 1.82) is 5.26 Å². The van der Waals surface area contributed by atoms with Crippen molar-refractivity contribution < 1.29 is 24.9 Å². The second kappa shape index (κ2) is 7.20. The van der Waals surface area contributed by atoms with Crippen LogP contribution in [0.15, 0.2) is 18.2 Å². The number of aromatic hydroxyl groups is 1. The highest BCUT2D eigenvalue weighted by molar-refractivity contribution is 5.97. The predicted octanol–water partition coefficient (Wildman–Crippen LogP) is -0.321. The quantitative estimate of drug-likeness (QED) is 0.608. The van der Waals surface area contributed by atoms with Gasteiger partial charge in [-0.25, -0.2) is 0 Å². The molecule has 102 valence electrons. The third-order valence-electron chi connectivity index (χ3n) is 2.39. The van der Waals surface area contributed by atoms with Crippen molar-refractivity contribution in [2.45, 2.75) is 0 Å². The van der Waals surface area contributed by atoms with Gasteiger partial charge in [0.05, 0.1) is 18.8 Å². The van der Waals surface area contributed by atoms with Crippen LogP contribution in [0.5, 0.6) is 11.5 Å². The number of benzene rings is 1. The number of carbonyl (C=O) groups is 1. The Labute approximate surface area is 109 Å². The predicted molar refractivity (Wildman–Crippen MR) is 64.4 cm³/mol. The molecule has 7 heteroatoms. The molecule has 0 fully saturated rings. The highest BCUT2D eigenvalue weighted by Crippen LogP contribution is 2.24. The molecule has 3 N–H and O–H groups in total. The average molecular weight is 266 g/mol. The Kier molecular flexibility index (Phi) is 5.60. The minimum atomic E-state index is -0.566. The molecule has 1 rings (SSSR count). The number of amides is 1. The lowest BCUT2D eigenvalue weighted by atomic mass is 10.1. The van der Waals surface area contributed by atoms with Gasteiger partial charge >= 0.3 is 0 Å². The van der Waals surface area contributed by atoms with E-state index in [1.807, 2.05) is 0 Å². The highest BCUT2D eigenvalue weighted by Gasteiger charge is 2.19. The fraction of sp³-hybridized carbons (Fsp3) is 0.333. The van der Waals surface area contributed by atoms with Gasteiger partial charge in [0, 0.05) is 13.1 Å². The van der Waals surface area contributed by atoms with Crippen LogP contribution in [0, 0.1) is 11.5 Å². The van der Waals surface area contributed by atoms with Crippen LogP contribution >= 0.6 is 0 Å². The molecule has 0 saturated carbocycles. The van der Waals surface area contributed by atoms with Crippen molar-refractivity contribution in [3.05, 3.63) is 23.8 Å². The standard InChI is InChI=1S/C12H14N2O5/c13-8-19-9-1-2-11(17)10(7-9)12(18)14(3-5-15)4-6-16/h1-2,7,15-17H,3-6H2. The van der Waals surface area contributed by atoms with Gasteiger partial charge in [0.1, 0.15) is 11.5 Å². The molecule has 0 aliphatic carbocycles. The largest absolute Gasteiger partial charge is 0.507 e. The van der Waals surface area contributed by atoms with Gasteiger partial charge in [0.25, 0.3) is 12.2 Å². The molecule has 0 aliphatic rings. The third kappa shape index (κ3) is 3.84. The van der Waals surface area contributed by atoms with Crippen LogP contribution in [0.4, 0.5) is 0 Å². The minimum Gasteiger partial charge on any atom is -0.507 e. The van der Waals surface area contributed by atoms with Gasteiger partial charge in [-0.1, -0.05) is 0 Å². The van der Waals surface area contributed by atoms with Crippen LogP contribution < -0.4 is 4.74 Å². The lowest BCUT2D eigenvalue weighted by Crippen LogP contribution is -2.35. The average Bonchev–Trinajstić information content (AvgIpc) is 2.40. The Hall–Kier alpha value is -2.30. The summed E-state index contributed by atoms with van der Waals surface area (Å²) in [6.45, 7) is -0.466. The first-order chi connectivity index (χ1) is 9.13. The zero-order valence-corrected chi connectivity index (χ0v) is 10.1. The van der Waals surface area contributed by atoms with Crippen molar-refractivity contribution in [3.63, 3.8) is 0 Å². The summed E-state index contributed by atoms with van der Waals surface area (Å²) in [6, 6.07) is 3.80. The van der Waals surface area contributed by atoms with E-state index in [2.05, 4.69) is 4.74 Å². The molecule has 0 radical (unpaired) electrons. The SMILES string of the molecule is N#COc1ccc(O)c(C(=O)N(CCO)CCO)c1. The van der Waals surface area contributed by atoms with Gasteiger partial charge < -0.3 is 25.0 Å². The fourth-order valence-corrected chi connectivity index (χ4v) is 1.53. The second-order valence-electron chi connectivity index (χ2n) is 3.61. The molecular weight excluding hydrogens is 252 g/mol. The van der Waals surface area contributed by atoms with Gasteiger partial charge in [0.15, 0.2) is 0 Å². The Morgan fingerprint density at radius 3 is 2.47 bits per heavy atom. The van der Waals surface area contributed by atoms with E-state index >= 15 is 0 Å². The molecule has 0 aromatic heterocycles. The lowest BCUT2D eigenvalue weighted by Gasteiger charge is -2.21. The smallest absolute Gasteiger partial charge is 0.292 e. The molecule has 0 unspecified atom stereocenters. The summed E-state index contributed by atoms with van der Waals surface area (Å²) < 4.78 is 4.58. The number of phenolic OH excluding ortho intramolecular Hbond substituents is 1. The normalized spacial score (nSPS) is 9.74. The number of aliphatic hydroxyl groups excluding tert-OH is 2. The molecule has 0 saturated heterocycles. The molecule has 0 heterocycles. The van der Waals surface area contributed by atoms with E-state index in [9.17, 15) is 9.90 Å². The van der Waals surface area contributed by atoms with Crippen LogP contribution in [0.2, 0.25) is 0 Å². The van der Waals surface area contributed by atoms with Gasteiger partial charge in [0.2, 0.25) is 0 Å².